The van der Waals surface area contributed by atoms with Crippen molar-refractivity contribution in [2.75, 3.05) is 5.32 Å². The van der Waals surface area contributed by atoms with Crippen LogP contribution in [0.15, 0.2) is 31.6 Å². The van der Waals surface area contributed by atoms with E-state index in [2.05, 4.69) is 53.1 Å². The van der Waals surface area contributed by atoms with Crippen molar-refractivity contribution >= 4 is 94.0 Å². The summed E-state index contributed by atoms with van der Waals surface area (Å²) in [5.41, 5.74) is 1.29. The predicted molar refractivity (Wildman–Crippen MR) is 99.0 cm³/mol. The van der Waals surface area contributed by atoms with Crippen LogP contribution in [0.5, 0.6) is 0 Å². The maximum absolute atomic E-state index is 9.27. The van der Waals surface area contributed by atoms with E-state index in [9.17, 15) is 5.26 Å². The van der Waals surface area contributed by atoms with Crippen LogP contribution >= 0.6 is 82.6 Å². The zero-order valence-electron chi connectivity index (χ0n) is 9.95. The number of anilines is 2. The van der Waals surface area contributed by atoms with Crippen molar-refractivity contribution in [1.82, 2.24) is 0 Å². The Bertz CT molecular complexity index is 749. The van der Waals surface area contributed by atoms with E-state index in [0.29, 0.717) is 11.4 Å². The normalized spacial score (nSPS) is 10.3. The third-order valence-electron chi connectivity index (χ3n) is 2.54. The molecule has 8 heteroatoms. The molecule has 0 aromatic heterocycles. The minimum Gasteiger partial charge on any atom is -0.351 e. The molecule has 0 aliphatic carbocycles. The van der Waals surface area contributed by atoms with E-state index in [1.807, 2.05) is 18.2 Å². The molecule has 108 valence electrons. The van der Waals surface area contributed by atoms with Crippen molar-refractivity contribution in [3.63, 3.8) is 0 Å². The van der Waals surface area contributed by atoms with E-state index in [1.54, 1.807) is 0 Å². The Morgan fingerprint density at radius 2 is 1.48 bits per heavy atom. The number of hydrogen-bond donors (Lipinski definition) is 1. The first-order valence-electron chi connectivity index (χ1n) is 5.34. The minimum atomic E-state index is 0.229. The highest BCUT2D eigenvalue weighted by Crippen LogP contribution is 2.42. The third-order valence-corrected chi connectivity index (χ3v) is 5.33. The van der Waals surface area contributed by atoms with Crippen LogP contribution in [0.1, 0.15) is 5.56 Å². The molecule has 0 aliphatic rings. The van der Waals surface area contributed by atoms with E-state index >= 15 is 0 Å². The van der Waals surface area contributed by atoms with Crippen molar-refractivity contribution in [2.45, 2.75) is 0 Å². The van der Waals surface area contributed by atoms with Gasteiger partial charge in [0.15, 0.2) is 0 Å². The fourth-order valence-electron chi connectivity index (χ4n) is 1.61. The van der Waals surface area contributed by atoms with Crippen LogP contribution in [0.25, 0.3) is 0 Å². The first-order valence-corrected chi connectivity index (χ1v) is 8.85. The SMILES string of the molecule is N#Cc1c(Cl)cc(Cl)c(Cl)c1Nc1c(Br)cc(Br)cc1Br. The average Bonchev–Trinajstić information content (AvgIpc) is 2.39. The van der Waals surface area contributed by atoms with Crippen molar-refractivity contribution < 1.29 is 0 Å². The van der Waals surface area contributed by atoms with Gasteiger partial charge in [-0.1, -0.05) is 50.7 Å². The summed E-state index contributed by atoms with van der Waals surface area (Å²) in [5, 5.41) is 13.1. The molecule has 0 amide bonds. The van der Waals surface area contributed by atoms with E-state index in [1.165, 1.54) is 6.07 Å². The Balaban J connectivity index is 2.63. The largest absolute Gasteiger partial charge is 0.351 e. The summed E-state index contributed by atoms with van der Waals surface area (Å²) in [6.45, 7) is 0. The molecular formula is C13H4Br3Cl3N2. The molecule has 0 atom stereocenters. The van der Waals surface area contributed by atoms with Crippen molar-refractivity contribution in [1.29, 1.82) is 5.26 Å². The monoisotopic (exact) mass is 530 g/mol. The van der Waals surface area contributed by atoms with Crippen LogP contribution in [0.4, 0.5) is 11.4 Å². The second-order valence-corrected chi connectivity index (χ2v) is 7.70. The standard InChI is InChI=1S/C13H4Br3Cl3N2/c14-5-1-7(15)13(8(16)2-5)21-12-6(4-20)9(17)3-10(18)11(12)19/h1-3,21H. The van der Waals surface area contributed by atoms with Crippen molar-refractivity contribution in [3.8, 4) is 6.07 Å². The number of hydrogen-bond acceptors (Lipinski definition) is 2. The second-order valence-electron chi connectivity index (χ2n) is 3.89. The van der Waals surface area contributed by atoms with Gasteiger partial charge in [-0.3, -0.25) is 0 Å². The van der Waals surface area contributed by atoms with Gasteiger partial charge in [0.25, 0.3) is 0 Å². The summed E-state index contributed by atoms with van der Waals surface area (Å²) in [6.07, 6.45) is 0. The maximum atomic E-state index is 9.27. The summed E-state index contributed by atoms with van der Waals surface area (Å²) in [6, 6.07) is 7.19. The van der Waals surface area contributed by atoms with Gasteiger partial charge in [0.2, 0.25) is 0 Å². The molecule has 2 rings (SSSR count). The second kappa shape index (κ2) is 7.08. The molecule has 0 saturated heterocycles. The molecule has 0 aliphatic heterocycles. The van der Waals surface area contributed by atoms with Gasteiger partial charge in [0.05, 0.1) is 32.0 Å². The number of nitrogens with zero attached hydrogens (tertiary/aromatic N) is 1. The quantitative estimate of drug-likeness (QED) is 0.404. The molecule has 0 bridgehead atoms. The van der Waals surface area contributed by atoms with E-state index in [0.717, 1.165) is 13.4 Å². The van der Waals surface area contributed by atoms with Gasteiger partial charge >= 0.3 is 0 Å². The lowest BCUT2D eigenvalue weighted by Gasteiger charge is -2.15. The average molecular weight is 534 g/mol. The number of rotatable bonds is 2. The molecule has 0 spiro atoms. The highest BCUT2D eigenvalue weighted by Gasteiger charge is 2.17. The molecule has 0 saturated carbocycles. The summed E-state index contributed by atoms with van der Waals surface area (Å²) in [7, 11) is 0. The van der Waals surface area contributed by atoms with Crippen molar-refractivity contribution in [2.24, 2.45) is 0 Å². The van der Waals surface area contributed by atoms with Crippen LogP contribution in [-0.2, 0) is 0 Å². The van der Waals surface area contributed by atoms with Gasteiger partial charge in [-0.05, 0) is 50.1 Å². The number of benzene rings is 2. The molecule has 2 nitrogen and oxygen atoms in total. The van der Waals surface area contributed by atoms with Crippen LogP contribution in [0.2, 0.25) is 15.1 Å². The first-order chi connectivity index (χ1) is 9.85. The Kier molecular flexibility index (Phi) is 5.86. The maximum Gasteiger partial charge on any atom is 0.103 e. The van der Waals surface area contributed by atoms with E-state index in [-0.39, 0.29) is 20.6 Å². The molecule has 2 aromatic carbocycles. The zero-order chi connectivity index (χ0) is 15.7. The summed E-state index contributed by atoms with van der Waals surface area (Å²) >= 11 is 28.5. The van der Waals surface area contributed by atoms with Gasteiger partial charge in [0, 0.05) is 13.4 Å². The van der Waals surface area contributed by atoms with Gasteiger partial charge in [-0.2, -0.15) is 5.26 Å². The molecule has 0 heterocycles. The molecule has 1 N–H and O–H groups in total. The lowest BCUT2D eigenvalue weighted by molar-refractivity contribution is 1.44. The smallest absolute Gasteiger partial charge is 0.103 e. The number of halogens is 6. The van der Waals surface area contributed by atoms with Crippen LogP contribution in [-0.4, -0.2) is 0 Å². The molecule has 21 heavy (non-hydrogen) atoms. The number of nitriles is 1. The van der Waals surface area contributed by atoms with Gasteiger partial charge in [-0.25, -0.2) is 0 Å². The Hall–Kier alpha value is 0.0400. The fraction of sp³-hybridized carbons (Fsp3) is 0. The van der Waals surface area contributed by atoms with E-state index in [4.69, 9.17) is 34.8 Å². The highest BCUT2D eigenvalue weighted by atomic mass is 79.9. The van der Waals surface area contributed by atoms with Crippen LogP contribution in [0.3, 0.4) is 0 Å². The van der Waals surface area contributed by atoms with Crippen LogP contribution < -0.4 is 5.32 Å². The third kappa shape index (κ3) is 3.69. The Labute approximate surface area is 161 Å². The van der Waals surface area contributed by atoms with Gasteiger partial charge in [-0.15, -0.1) is 0 Å². The Morgan fingerprint density at radius 1 is 0.905 bits per heavy atom. The first kappa shape index (κ1) is 17.4. The lowest BCUT2D eigenvalue weighted by atomic mass is 10.2. The van der Waals surface area contributed by atoms with Crippen molar-refractivity contribution in [3.05, 3.63) is 52.2 Å². The summed E-state index contributed by atoms with van der Waals surface area (Å²) < 4.78 is 2.45. The molecule has 0 radical (unpaired) electrons. The molecule has 2 aromatic rings. The van der Waals surface area contributed by atoms with Gasteiger partial charge < -0.3 is 5.32 Å². The fourth-order valence-corrected chi connectivity index (χ4v) is 4.77. The predicted octanol–water partition coefficient (Wildman–Crippen LogP) is 7.55. The highest BCUT2D eigenvalue weighted by molar-refractivity contribution is 9.11. The van der Waals surface area contributed by atoms with Gasteiger partial charge in [0.1, 0.15) is 6.07 Å². The van der Waals surface area contributed by atoms with E-state index < -0.39 is 0 Å². The minimum absolute atomic E-state index is 0.229. The molecule has 0 unspecified atom stereocenters. The lowest BCUT2D eigenvalue weighted by Crippen LogP contribution is -1.98. The summed E-state index contributed by atoms with van der Waals surface area (Å²) in [4.78, 5) is 0. The molecular weight excluding hydrogens is 530 g/mol. The topological polar surface area (TPSA) is 35.8 Å². The van der Waals surface area contributed by atoms with Crippen LogP contribution in [0, 0.1) is 11.3 Å². The molecule has 0 fully saturated rings. The Morgan fingerprint density at radius 3 is 2.00 bits per heavy atom. The zero-order valence-corrected chi connectivity index (χ0v) is 17.0. The number of nitrogens with one attached hydrogen (secondary N) is 1. The summed E-state index contributed by atoms with van der Waals surface area (Å²) in [5.74, 6) is 0.